The van der Waals surface area contributed by atoms with Crippen LogP contribution in [0.1, 0.15) is 12.8 Å². The SMILES string of the molecule is N=[C]NN=NNC(=N)CCC(=O)O. The second-order valence-corrected chi connectivity index (χ2v) is 1.92. The molecule has 8 heteroatoms. The normalized spacial score (nSPS) is 9.54. The summed E-state index contributed by atoms with van der Waals surface area (Å²) in [7, 11) is 0. The zero-order valence-corrected chi connectivity index (χ0v) is 6.66. The van der Waals surface area contributed by atoms with Gasteiger partial charge in [-0.15, -0.1) is 0 Å². The minimum absolute atomic E-state index is 0.0575. The molecule has 0 aromatic rings. The van der Waals surface area contributed by atoms with E-state index < -0.39 is 5.97 Å². The van der Waals surface area contributed by atoms with Crippen LogP contribution in [0.15, 0.2) is 10.4 Å². The van der Waals surface area contributed by atoms with Gasteiger partial charge < -0.3 is 5.11 Å². The number of nitrogens with zero attached hydrogens (tertiary/aromatic N) is 2. The lowest BCUT2D eigenvalue weighted by atomic mass is 10.3. The Kier molecular flexibility index (Phi) is 5.68. The second kappa shape index (κ2) is 6.70. The topological polar surface area (TPSA) is 134 Å². The number of aliphatic carboxylic acids is 1. The maximum atomic E-state index is 10.1. The van der Waals surface area contributed by atoms with E-state index in [1.807, 2.05) is 5.43 Å². The number of rotatable bonds is 6. The number of carboxylic acid groups (broad SMARTS) is 1. The average molecular weight is 185 g/mol. The largest absolute Gasteiger partial charge is 0.481 e. The van der Waals surface area contributed by atoms with Gasteiger partial charge in [-0.25, -0.2) is 10.9 Å². The van der Waals surface area contributed by atoms with Gasteiger partial charge in [-0.1, -0.05) is 0 Å². The van der Waals surface area contributed by atoms with Crippen LogP contribution in [0.3, 0.4) is 0 Å². The molecule has 0 atom stereocenters. The standard InChI is InChI=1S/C5H9N6O2/c6-3-8-10-11-9-4(7)1-2-5(12)13/h1-2H2,(H,12,13)(H2,6,8,11)(H2,7,9,10). The van der Waals surface area contributed by atoms with Crippen LogP contribution in [0.2, 0.25) is 0 Å². The highest BCUT2D eigenvalue weighted by atomic mass is 16.4. The van der Waals surface area contributed by atoms with Crippen molar-refractivity contribution in [2.45, 2.75) is 12.8 Å². The molecule has 0 bridgehead atoms. The zero-order chi connectivity index (χ0) is 10.1. The first-order valence-corrected chi connectivity index (χ1v) is 3.28. The number of hydrogen-bond donors (Lipinski definition) is 5. The third kappa shape index (κ3) is 7.91. The summed E-state index contributed by atoms with van der Waals surface area (Å²) in [5, 5.41) is 28.0. The fourth-order valence-corrected chi connectivity index (χ4v) is 0.423. The van der Waals surface area contributed by atoms with E-state index in [4.69, 9.17) is 15.9 Å². The summed E-state index contributed by atoms with van der Waals surface area (Å²) in [6.45, 7) is 0. The van der Waals surface area contributed by atoms with Gasteiger partial charge in [0, 0.05) is 6.42 Å². The van der Waals surface area contributed by atoms with E-state index in [9.17, 15) is 4.79 Å². The third-order valence-corrected chi connectivity index (χ3v) is 0.930. The quantitative estimate of drug-likeness (QED) is 0.128. The third-order valence-electron chi connectivity index (χ3n) is 0.930. The van der Waals surface area contributed by atoms with Crippen LogP contribution < -0.4 is 10.9 Å². The van der Waals surface area contributed by atoms with Crippen LogP contribution in [-0.4, -0.2) is 23.2 Å². The maximum absolute atomic E-state index is 10.1. The Hall–Kier alpha value is -1.99. The van der Waals surface area contributed by atoms with Crippen LogP contribution >= 0.6 is 0 Å². The van der Waals surface area contributed by atoms with Crippen LogP contribution in [-0.2, 0) is 4.79 Å². The van der Waals surface area contributed by atoms with Crippen molar-refractivity contribution in [2.75, 3.05) is 0 Å². The monoisotopic (exact) mass is 185 g/mol. The molecule has 0 amide bonds. The fraction of sp³-hybridized carbons (Fsp3) is 0.400. The molecule has 0 heterocycles. The van der Waals surface area contributed by atoms with Crippen molar-refractivity contribution < 1.29 is 9.90 Å². The van der Waals surface area contributed by atoms with Crippen molar-refractivity contribution in [3.8, 4) is 0 Å². The zero-order valence-electron chi connectivity index (χ0n) is 6.66. The minimum atomic E-state index is -0.977. The van der Waals surface area contributed by atoms with Crippen molar-refractivity contribution in [3.63, 3.8) is 0 Å². The Bertz CT molecular complexity index is 225. The van der Waals surface area contributed by atoms with E-state index in [0.717, 1.165) is 0 Å². The number of carbonyl (C=O) groups is 1. The summed E-state index contributed by atoms with van der Waals surface area (Å²) >= 11 is 0. The molecule has 0 aliphatic rings. The van der Waals surface area contributed by atoms with Gasteiger partial charge in [0.05, 0.1) is 6.42 Å². The molecule has 0 rings (SSSR count). The molecule has 0 aliphatic carbocycles. The number of amidine groups is 1. The van der Waals surface area contributed by atoms with Crippen LogP contribution in [0.5, 0.6) is 0 Å². The molecule has 0 aromatic heterocycles. The first-order chi connectivity index (χ1) is 6.16. The van der Waals surface area contributed by atoms with Gasteiger partial charge in [0.2, 0.25) is 0 Å². The van der Waals surface area contributed by atoms with Gasteiger partial charge in [-0.05, 0) is 10.4 Å². The molecule has 1 radical (unpaired) electrons. The Labute approximate surface area is 74.0 Å². The summed E-state index contributed by atoms with van der Waals surface area (Å²) in [6.07, 6.45) is 1.65. The number of hydrogen-bond acceptors (Lipinski definition) is 5. The van der Waals surface area contributed by atoms with E-state index in [1.165, 1.54) is 0 Å². The molecule has 0 aromatic carbocycles. The van der Waals surface area contributed by atoms with Gasteiger partial charge in [-0.3, -0.25) is 15.6 Å². The molecule has 0 saturated heterocycles. The minimum Gasteiger partial charge on any atom is -0.481 e. The smallest absolute Gasteiger partial charge is 0.303 e. The summed E-state index contributed by atoms with van der Waals surface area (Å²) in [5.41, 5.74) is 4.13. The maximum Gasteiger partial charge on any atom is 0.303 e. The second-order valence-electron chi connectivity index (χ2n) is 1.92. The lowest BCUT2D eigenvalue weighted by molar-refractivity contribution is -0.136. The Balaban J connectivity index is 3.51. The highest BCUT2D eigenvalue weighted by Crippen LogP contribution is 1.88. The Morgan fingerprint density at radius 1 is 1.46 bits per heavy atom. The number of nitrogens with one attached hydrogen (secondary N) is 4. The fourth-order valence-electron chi connectivity index (χ4n) is 0.423. The predicted molar refractivity (Wildman–Crippen MR) is 43.5 cm³/mol. The van der Waals surface area contributed by atoms with Crippen molar-refractivity contribution >= 4 is 18.1 Å². The van der Waals surface area contributed by atoms with Crippen LogP contribution in [0, 0.1) is 10.8 Å². The van der Waals surface area contributed by atoms with Crippen molar-refractivity contribution in [1.82, 2.24) is 10.9 Å². The van der Waals surface area contributed by atoms with E-state index in [0.29, 0.717) is 0 Å². The van der Waals surface area contributed by atoms with Crippen molar-refractivity contribution in [2.24, 2.45) is 10.4 Å². The summed E-state index contributed by atoms with van der Waals surface area (Å²) in [4.78, 5) is 10.1. The van der Waals surface area contributed by atoms with E-state index in [1.54, 1.807) is 6.34 Å². The molecule has 8 nitrogen and oxygen atoms in total. The van der Waals surface area contributed by atoms with Gasteiger partial charge in [0.1, 0.15) is 5.84 Å². The molecule has 0 unspecified atom stereocenters. The van der Waals surface area contributed by atoms with E-state index >= 15 is 0 Å². The van der Waals surface area contributed by atoms with Crippen LogP contribution in [0.4, 0.5) is 0 Å². The molecule has 5 N–H and O–H groups in total. The Morgan fingerprint density at radius 3 is 2.69 bits per heavy atom. The lowest BCUT2D eigenvalue weighted by Gasteiger charge is -1.97. The number of carboxylic acids is 1. The van der Waals surface area contributed by atoms with Crippen LogP contribution in [0.25, 0.3) is 0 Å². The first kappa shape index (κ1) is 11.0. The molecule has 0 spiro atoms. The van der Waals surface area contributed by atoms with Gasteiger partial charge in [0.25, 0.3) is 0 Å². The summed E-state index contributed by atoms with van der Waals surface area (Å²) < 4.78 is 0. The highest BCUT2D eigenvalue weighted by molar-refractivity contribution is 5.82. The van der Waals surface area contributed by atoms with Gasteiger partial charge >= 0.3 is 5.97 Å². The van der Waals surface area contributed by atoms with Crippen molar-refractivity contribution in [3.05, 3.63) is 0 Å². The van der Waals surface area contributed by atoms with Gasteiger partial charge in [0.15, 0.2) is 6.34 Å². The molecule has 0 aliphatic heterocycles. The molecule has 71 valence electrons. The van der Waals surface area contributed by atoms with E-state index in [-0.39, 0.29) is 18.7 Å². The van der Waals surface area contributed by atoms with E-state index in [2.05, 4.69) is 15.9 Å². The first-order valence-electron chi connectivity index (χ1n) is 3.28. The van der Waals surface area contributed by atoms with Crippen molar-refractivity contribution in [1.29, 1.82) is 10.8 Å². The molecular weight excluding hydrogens is 176 g/mol. The Morgan fingerprint density at radius 2 is 2.15 bits per heavy atom. The summed E-state index contributed by atoms with van der Waals surface area (Å²) in [6, 6.07) is 0. The predicted octanol–water partition coefficient (Wildman–Crippen LogP) is -0.226. The van der Waals surface area contributed by atoms with Gasteiger partial charge in [-0.2, -0.15) is 0 Å². The molecule has 0 fully saturated rings. The molecular formula is C5H9N6O2. The summed E-state index contributed by atoms with van der Waals surface area (Å²) in [5.74, 6) is -1.03. The highest BCUT2D eigenvalue weighted by Gasteiger charge is 1.99. The molecule has 13 heavy (non-hydrogen) atoms. The molecule has 0 saturated carbocycles. The average Bonchev–Trinajstić information content (AvgIpc) is 2.09. The lowest BCUT2D eigenvalue weighted by Crippen LogP contribution is -2.17.